The number of benzene rings is 3. The highest BCUT2D eigenvalue weighted by Crippen LogP contribution is 2.38. The van der Waals surface area contributed by atoms with Gasteiger partial charge in [0.2, 0.25) is 5.91 Å². The lowest BCUT2D eigenvalue weighted by Gasteiger charge is -2.31. The van der Waals surface area contributed by atoms with Gasteiger partial charge in [0.1, 0.15) is 17.3 Å². The molecule has 38 heavy (non-hydrogen) atoms. The molecule has 0 saturated heterocycles. The van der Waals surface area contributed by atoms with Crippen molar-refractivity contribution >= 4 is 32.7 Å². The molecule has 0 radical (unpaired) electrons. The molecule has 1 fully saturated rings. The van der Waals surface area contributed by atoms with E-state index < -0.39 is 6.04 Å². The van der Waals surface area contributed by atoms with Gasteiger partial charge in [0, 0.05) is 24.6 Å². The fourth-order valence-electron chi connectivity index (χ4n) is 4.74. The van der Waals surface area contributed by atoms with Gasteiger partial charge >= 0.3 is 0 Å². The van der Waals surface area contributed by atoms with Gasteiger partial charge in [-0.2, -0.15) is 0 Å². The van der Waals surface area contributed by atoms with Gasteiger partial charge in [-0.1, -0.05) is 42.5 Å². The van der Waals surface area contributed by atoms with E-state index in [0.717, 1.165) is 18.4 Å². The second-order valence-electron chi connectivity index (χ2n) is 9.51. The number of hydrogen-bond donors (Lipinski definition) is 0. The van der Waals surface area contributed by atoms with Crippen molar-refractivity contribution in [3.8, 4) is 17.2 Å². The number of carbonyl (C=O) groups is 1. The number of methoxy groups -OCH3 is 2. The van der Waals surface area contributed by atoms with Crippen LogP contribution >= 0.6 is 15.9 Å². The van der Waals surface area contributed by atoms with Crippen LogP contribution in [0.1, 0.15) is 37.2 Å². The van der Waals surface area contributed by atoms with Crippen LogP contribution in [-0.4, -0.2) is 41.1 Å². The second-order valence-corrected chi connectivity index (χ2v) is 10.3. The first-order chi connectivity index (χ1) is 18.4. The lowest BCUT2D eigenvalue weighted by Crippen LogP contribution is -2.39. The SMILES string of the molecule is COc1cc(OC)c(Br)c(-n2c(C(C)N(CCc3ccccc3)C(=O)C3CC3)nc3ccccc3c2=O)c1. The maximum Gasteiger partial charge on any atom is 0.266 e. The quantitative estimate of drug-likeness (QED) is 0.255. The number of ether oxygens (including phenoxy) is 2. The van der Waals surface area contributed by atoms with Crippen LogP contribution in [0.5, 0.6) is 11.5 Å². The highest BCUT2D eigenvalue weighted by molar-refractivity contribution is 9.10. The fraction of sp³-hybridized carbons (Fsp3) is 0.300. The zero-order valence-corrected chi connectivity index (χ0v) is 23.3. The number of amides is 1. The molecule has 7 nitrogen and oxygen atoms in total. The largest absolute Gasteiger partial charge is 0.497 e. The molecule has 5 rings (SSSR count). The summed E-state index contributed by atoms with van der Waals surface area (Å²) < 4.78 is 13.3. The van der Waals surface area contributed by atoms with E-state index in [1.165, 1.54) is 0 Å². The minimum Gasteiger partial charge on any atom is -0.497 e. The molecule has 1 unspecified atom stereocenters. The van der Waals surface area contributed by atoms with Crippen molar-refractivity contribution in [2.45, 2.75) is 32.2 Å². The predicted molar refractivity (Wildman–Crippen MR) is 151 cm³/mol. The molecule has 1 heterocycles. The number of rotatable bonds is 9. The Morgan fingerprint density at radius 2 is 1.79 bits per heavy atom. The summed E-state index contributed by atoms with van der Waals surface area (Å²) in [6.07, 6.45) is 2.49. The number of carbonyl (C=O) groups excluding carboxylic acids is 1. The monoisotopic (exact) mass is 575 g/mol. The number of para-hydroxylation sites is 1. The fourth-order valence-corrected chi connectivity index (χ4v) is 5.31. The third-order valence-corrected chi connectivity index (χ3v) is 7.82. The van der Waals surface area contributed by atoms with Crippen molar-refractivity contribution in [3.05, 3.63) is 92.9 Å². The van der Waals surface area contributed by atoms with Crippen molar-refractivity contribution in [3.63, 3.8) is 0 Å². The van der Waals surface area contributed by atoms with Crippen LogP contribution < -0.4 is 15.0 Å². The van der Waals surface area contributed by atoms with Gasteiger partial charge in [0.25, 0.3) is 5.56 Å². The maximum absolute atomic E-state index is 14.0. The zero-order chi connectivity index (χ0) is 26.8. The Morgan fingerprint density at radius 3 is 2.47 bits per heavy atom. The molecule has 3 aromatic carbocycles. The Kier molecular flexibility index (Phi) is 7.51. The molecule has 1 amide bonds. The van der Waals surface area contributed by atoms with E-state index in [4.69, 9.17) is 14.5 Å². The predicted octanol–water partition coefficient (Wildman–Crippen LogP) is 5.71. The van der Waals surface area contributed by atoms with Crippen LogP contribution in [0.15, 0.2) is 76.0 Å². The molecular weight excluding hydrogens is 546 g/mol. The first-order valence-electron chi connectivity index (χ1n) is 12.7. The standard InChI is InChI=1S/C30H30BrN3O4/c1-19(33(29(35)21-13-14-21)16-15-20-9-5-4-6-10-20)28-32-24-12-8-7-11-23(24)30(36)34(28)25-17-22(37-2)18-26(38-3)27(25)31/h4-12,17-19,21H,13-16H2,1-3H3. The van der Waals surface area contributed by atoms with Crippen molar-refractivity contribution in [1.82, 2.24) is 14.5 Å². The summed E-state index contributed by atoms with van der Waals surface area (Å²) in [6, 6.07) is 20.5. The number of aromatic nitrogens is 2. The average molecular weight is 576 g/mol. The van der Waals surface area contributed by atoms with Gasteiger partial charge in [0.05, 0.1) is 41.3 Å². The first kappa shape index (κ1) is 26.0. The van der Waals surface area contributed by atoms with Gasteiger partial charge in [-0.15, -0.1) is 0 Å². The van der Waals surface area contributed by atoms with E-state index in [1.54, 1.807) is 37.0 Å². The van der Waals surface area contributed by atoms with Gasteiger partial charge in [0.15, 0.2) is 0 Å². The first-order valence-corrected chi connectivity index (χ1v) is 13.5. The summed E-state index contributed by atoms with van der Waals surface area (Å²) in [4.78, 5) is 34.5. The minimum absolute atomic E-state index is 0.0255. The molecule has 1 atom stereocenters. The maximum atomic E-state index is 14.0. The van der Waals surface area contributed by atoms with E-state index in [1.807, 2.05) is 48.2 Å². The van der Waals surface area contributed by atoms with E-state index in [2.05, 4.69) is 28.1 Å². The van der Waals surface area contributed by atoms with Crippen molar-refractivity contribution in [1.29, 1.82) is 0 Å². The molecular formula is C30H30BrN3O4. The number of fused-ring (bicyclic) bond motifs is 1. The average Bonchev–Trinajstić information content (AvgIpc) is 3.80. The third kappa shape index (κ3) is 5.05. The summed E-state index contributed by atoms with van der Waals surface area (Å²) in [7, 11) is 3.13. The van der Waals surface area contributed by atoms with E-state index >= 15 is 0 Å². The molecule has 0 bridgehead atoms. The molecule has 0 aliphatic heterocycles. The normalized spacial score (nSPS) is 13.8. The van der Waals surface area contributed by atoms with Crippen molar-refractivity contribution in [2.75, 3.05) is 20.8 Å². The molecule has 196 valence electrons. The molecule has 1 aliphatic carbocycles. The van der Waals surface area contributed by atoms with Crippen LogP contribution in [0.2, 0.25) is 0 Å². The summed E-state index contributed by atoms with van der Waals surface area (Å²) in [5.41, 5.74) is 2.05. The Bertz CT molecular complexity index is 1530. The van der Waals surface area contributed by atoms with Gasteiger partial charge < -0.3 is 14.4 Å². The van der Waals surface area contributed by atoms with Crippen molar-refractivity contribution < 1.29 is 14.3 Å². The molecule has 8 heteroatoms. The van der Waals surface area contributed by atoms with Gasteiger partial charge in [-0.25, -0.2) is 4.98 Å². The molecule has 1 aliphatic rings. The van der Waals surface area contributed by atoms with Gasteiger partial charge in [-0.3, -0.25) is 14.2 Å². The van der Waals surface area contributed by atoms with E-state index in [9.17, 15) is 9.59 Å². The summed E-state index contributed by atoms with van der Waals surface area (Å²) in [5.74, 6) is 1.66. The highest BCUT2D eigenvalue weighted by Gasteiger charge is 2.37. The summed E-state index contributed by atoms with van der Waals surface area (Å²) >= 11 is 3.63. The summed E-state index contributed by atoms with van der Waals surface area (Å²) in [5, 5.41) is 0.487. The number of halogens is 1. The molecule has 1 aromatic heterocycles. The Hall–Kier alpha value is -3.65. The minimum atomic E-state index is -0.465. The number of hydrogen-bond acceptors (Lipinski definition) is 5. The zero-order valence-electron chi connectivity index (χ0n) is 21.7. The Labute approximate surface area is 230 Å². The van der Waals surface area contributed by atoms with Crippen LogP contribution in [0.3, 0.4) is 0 Å². The molecule has 1 saturated carbocycles. The smallest absolute Gasteiger partial charge is 0.266 e. The van der Waals surface area contributed by atoms with Crippen LogP contribution in [0, 0.1) is 5.92 Å². The molecule has 0 spiro atoms. The van der Waals surface area contributed by atoms with E-state index in [0.29, 0.717) is 51.4 Å². The van der Waals surface area contributed by atoms with Crippen LogP contribution in [-0.2, 0) is 11.2 Å². The topological polar surface area (TPSA) is 73.7 Å². The summed E-state index contributed by atoms with van der Waals surface area (Å²) in [6.45, 7) is 2.47. The Morgan fingerprint density at radius 1 is 1.08 bits per heavy atom. The van der Waals surface area contributed by atoms with E-state index in [-0.39, 0.29) is 17.4 Å². The lowest BCUT2D eigenvalue weighted by molar-refractivity contribution is -0.134. The highest BCUT2D eigenvalue weighted by atomic mass is 79.9. The number of nitrogens with zero attached hydrogens (tertiary/aromatic N) is 3. The lowest BCUT2D eigenvalue weighted by atomic mass is 10.1. The van der Waals surface area contributed by atoms with Crippen LogP contribution in [0.4, 0.5) is 0 Å². The third-order valence-electron chi connectivity index (χ3n) is 7.03. The van der Waals surface area contributed by atoms with Crippen molar-refractivity contribution in [2.24, 2.45) is 5.92 Å². The Balaban J connectivity index is 1.68. The van der Waals surface area contributed by atoms with Gasteiger partial charge in [-0.05, 0) is 59.8 Å². The molecule has 4 aromatic rings. The van der Waals surface area contributed by atoms with Crippen LogP contribution in [0.25, 0.3) is 16.6 Å². The molecule has 0 N–H and O–H groups in total. The second kappa shape index (κ2) is 11.0.